The minimum atomic E-state index is -6.46. The Hall–Kier alpha value is -0.740. The first-order valence-electron chi connectivity index (χ1n) is 3.73. The largest absolute Gasteiger partial charge is 0.427 e. The lowest BCUT2D eigenvalue weighted by Crippen LogP contribution is -2.77. The van der Waals surface area contributed by atoms with E-state index < -0.39 is 36.4 Å². The Balaban J connectivity index is 3.49. The van der Waals surface area contributed by atoms with Crippen LogP contribution in [-0.4, -0.2) is 36.4 Å². The van der Waals surface area contributed by atoms with Crippen LogP contribution in [0.4, 0.5) is 43.9 Å². The van der Waals surface area contributed by atoms with Crippen LogP contribution < -0.4 is 0 Å². The van der Waals surface area contributed by atoms with Gasteiger partial charge in [0.05, 0.1) is 0 Å². The summed E-state index contributed by atoms with van der Waals surface area (Å²) in [5, 5.41) is 0. The number of rotatable bonds is 1. The highest BCUT2D eigenvalue weighted by molar-refractivity contribution is 5.14. The van der Waals surface area contributed by atoms with Crippen LogP contribution in [0.2, 0.25) is 0 Å². The average Bonchev–Trinajstić information content (AvgIpc) is 2.12. The van der Waals surface area contributed by atoms with Crippen LogP contribution in [0.25, 0.3) is 0 Å². The van der Waals surface area contributed by atoms with Crippen LogP contribution in [-0.2, 0) is 4.74 Å². The molecule has 0 unspecified atom stereocenters. The van der Waals surface area contributed by atoms with Crippen LogP contribution in [0.15, 0.2) is 0 Å². The summed E-state index contributed by atoms with van der Waals surface area (Å²) >= 11 is 0. The van der Waals surface area contributed by atoms with E-state index in [9.17, 15) is 43.9 Å². The molecule has 0 aromatic carbocycles. The van der Waals surface area contributed by atoms with E-state index in [1.54, 1.807) is 0 Å². The number of hydrogen-bond donors (Lipinski definition) is 0. The Bertz CT molecular complexity index is 297. The molecule has 1 aliphatic rings. The summed E-state index contributed by atoms with van der Waals surface area (Å²) in [7, 11) is 0. The van der Waals surface area contributed by atoms with Crippen LogP contribution in [0, 0.1) is 0 Å². The highest BCUT2D eigenvalue weighted by Gasteiger charge is 2.92. The SMILES string of the molecule is FCC1(F)C(F)(F)C(F)(F)OC(F)(F)C1(F)F. The van der Waals surface area contributed by atoms with Gasteiger partial charge in [-0.25, -0.2) is 13.5 Å². The summed E-state index contributed by atoms with van der Waals surface area (Å²) in [6, 6.07) is 0. The van der Waals surface area contributed by atoms with E-state index in [-0.39, 0.29) is 0 Å². The van der Waals surface area contributed by atoms with Gasteiger partial charge in [0.15, 0.2) is 0 Å². The average molecular weight is 280 g/mol. The molecule has 1 heterocycles. The molecule has 0 spiro atoms. The molecule has 0 N–H and O–H groups in total. The molecule has 0 atom stereocenters. The van der Waals surface area contributed by atoms with E-state index >= 15 is 0 Å². The summed E-state index contributed by atoms with van der Waals surface area (Å²) < 4.78 is 126. The van der Waals surface area contributed by atoms with Crippen molar-refractivity contribution in [1.29, 1.82) is 0 Å². The Morgan fingerprint density at radius 2 is 0.941 bits per heavy atom. The van der Waals surface area contributed by atoms with Crippen molar-refractivity contribution in [3.8, 4) is 0 Å². The van der Waals surface area contributed by atoms with E-state index in [0.717, 1.165) is 0 Å². The lowest BCUT2D eigenvalue weighted by molar-refractivity contribution is -0.543. The van der Waals surface area contributed by atoms with Crippen molar-refractivity contribution in [3.05, 3.63) is 0 Å². The molecule has 1 fully saturated rings. The predicted octanol–water partition coefficient (Wildman–Crippen LogP) is 3.15. The molecule has 0 bridgehead atoms. The maximum absolute atomic E-state index is 12.9. The number of ether oxygens (including phenoxy) is 1. The van der Waals surface area contributed by atoms with Gasteiger partial charge >= 0.3 is 24.1 Å². The molecule has 0 amide bonds. The molecule has 1 rings (SSSR count). The third-order valence-corrected chi connectivity index (χ3v) is 2.17. The van der Waals surface area contributed by atoms with Gasteiger partial charge in [0.25, 0.3) is 5.67 Å². The molecule has 0 radical (unpaired) electrons. The first kappa shape index (κ1) is 14.3. The highest BCUT2D eigenvalue weighted by Crippen LogP contribution is 2.62. The molecule has 1 nitrogen and oxygen atoms in total. The quantitative estimate of drug-likeness (QED) is 0.670. The van der Waals surface area contributed by atoms with E-state index in [1.807, 2.05) is 4.74 Å². The second kappa shape index (κ2) is 3.18. The molecule has 102 valence electrons. The molecular formula is C6H2F10O. The lowest BCUT2D eigenvalue weighted by Gasteiger charge is -2.47. The van der Waals surface area contributed by atoms with Crippen molar-refractivity contribution < 1.29 is 48.6 Å². The summed E-state index contributed by atoms with van der Waals surface area (Å²) in [4.78, 5) is 0. The molecule has 0 aliphatic carbocycles. The maximum Gasteiger partial charge on any atom is 0.427 e. The van der Waals surface area contributed by atoms with Crippen molar-refractivity contribution in [2.45, 2.75) is 29.7 Å². The molecular weight excluding hydrogens is 278 g/mol. The van der Waals surface area contributed by atoms with E-state index in [2.05, 4.69) is 0 Å². The summed E-state index contributed by atoms with van der Waals surface area (Å²) in [5.74, 6) is -12.9. The van der Waals surface area contributed by atoms with Gasteiger partial charge in [-0.05, 0) is 0 Å². The summed E-state index contributed by atoms with van der Waals surface area (Å²) in [6.07, 6.45) is -12.6. The van der Waals surface area contributed by atoms with Gasteiger partial charge in [0, 0.05) is 0 Å². The van der Waals surface area contributed by atoms with Crippen molar-refractivity contribution >= 4 is 0 Å². The normalized spacial score (nSPS) is 32.1. The maximum atomic E-state index is 12.9. The minimum absolute atomic E-state index is 1.92. The van der Waals surface area contributed by atoms with Gasteiger partial charge in [0.1, 0.15) is 6.67 Å². The molecule has 0 aromatic heterocycles. The zero-order valence-electron chi connectivity index (χ0n) is 7.39. The zero-order chi connectivity index (χ0) is 13.9. The van der Waals surface area contributed by atoms with Gasteiger partial charge in [-0.2, -0.15) is 35.1 Å². The van der Waals surface area contributed by atoms with Crippen molar-refractivity contribution in [2.75, 3.05) is 6.67 Å². The molecule has 0 saturated carbocycles. The third kappa shape index (κ3) is 1.37. The fraction of sp³-hybridized carbons (Fsp3) is 1.00. The minimum Gasteiger partial charge on any atom is -0.247 e. The van der Waals surface area contributed by atoms with Crippen LogP contribution in [0.5, 0.6) is 0 Å². The van der Waals surface area contributed by atoms with Crippen LogP contribution >= 0.6 is 0 Å². The zero-order valence-corrected chi connectivity index (χ0v) is 7.39. The van der Waals surface area contributed by atoms with Crippen LogP contribution in [0.3, 0.4) is 0 Å². The second-order valence-corrected chi connectivity index (χ2v) is 3.22. The fourth-order valence-corrected chi connectivity index (χ4v) is 1.12. The molecule has 0 aromatic rings. The molecule has 1 saturated heterocycles. The van der Waals surface area contributed by atoms with E-state index in [1.165, 1.54) is 0 Å². The molecule has 17 heavy (non-hydrogen) atoms. The monoisotopic (exact) mass is 280 g/mol. The number of alkyl halides is 10. The van der Waals surface area contributed by atoms with E-state index in [4.69, 9.17) is 0 Å². The van der Waals surface area contributed by atoms with Crippen LogP contribution in [0.1, 0.15) is 0 Å². The lowest BCUT2D eigenvalue weighted by atomic mass is 9.87. The number of halogens is 10. The first-order valence-corrected chi connectivity index (χ1v) is 3.73. The van der Waals surface area contributed by atoms with Gasteiger partial charge < -0.3 is 0 Å². The summed E-state index contributed by atoms with van der Waals surface area (Å²) in [5.41, 5.74) is -6.08. The molecule has 1 aliphatic heterocycles. The smallest absolute Gasteiger partial charge is 0.247 e. The van der Waals surface area contributed by atoms with E-state index in [0.29, 0.717) is 0 Å². The Labute approximate surface area is 86.3 Å². The van der Waals surface area contributed by atoms with Gasteiger partial charge in [-0.15, -0.1) is 0 Å². The second-order valence-electron chi connectivity index (χ2n) is 3.22. The third-order valence-electron chi connectivity index (χ3n) is 2.17. The number of hydrogen-bond acceptors (Lipinski definition) is 1. The fourth-order valence-electron chi connectivity index (χ4n) is 1.12. The molecule has 11 heteroatoms. The Kier molecular flexibility index (Phi) is 2.68. The topological polar surface area (TPSA) is 9.23 Å². The Morgan fingerprint density at radius 1 is 0.647 bits per heavy atom. The predicted molar refractivity (Wildman–Crippen MR) is 30.7 cm³/mol. The van der Waals surface area contributed by atoms with Crippen molar-refractivity contribution in [2.24, 2.45) is 0 Å². The van der Waals surface area contributed by atoms with Gasteiger partial charge in [-0.3, -0.25) is 0 Å². The van der Waals surface area contributed by atoms with Gasteiger partial charge in [-0.1, -0.05) is 0 Å². The first-order chi connectivity index (χ1) is 7.27. The highest BCUT2D eigenvalue weighted by atomic mass is 19.4. The van der Waals surface area contributed by atoms with Gasteiger partial charge in [0.2, 0.25) is 0 Å². The Morgan fingerprint density at radius 3 is 1.18 bits per heavy atom. The standard InChI is InChI=1S/C6H2F10O/c7-1-2(8)3(9,10)5(13,14)17-6(15,16)4(2,11)12/h1H2. The van der Waals surface area contributed by atoms with Crippen molar-refractivity contribution in [3.63, 3.8) is 0 Å². The summed E-state index contributed by atoms with van der Waals surface area (Å²) in [6.45, 7) is -3.44. The van der Waals surface area contributed by atoms with Crippen molar-refractivity contribution in [1.82, 2.24) is 0 Å².